The zero-order chi connectivity index (χ0) is 20.4. The third-order valence-corrected chi connectivity index (χ3v) is 6.04. The van der Waals surface area contributed by atoms with Crippen molar-refractivity contribution in [2.45, 2.75) is 25.8 Å². The zero-order valence-electron chi connectivity index (χ0n) is 17.2. The number of hydrogen-bond acceptors (Lipinski definition) is 6. The van der Waals surface area contributed by atoms with Gasteiger partial charge in [0.2, 0.25) is 0 Å². The fourth-order valence-corrected chi connectivity index (χ4v) is 4.60. The van der Waals surface area contributed by atoms with Crippen molar-refractivity contribution in [3.63, 3.8) is 0 Å². The monoisotopic (exact) mass is 400 g/mol. The SMILES string of the molecule is CCOC(=O)c1cnc2ccc(F)cc2c1N1CCN(C2CCCN(C)C2)CC1. The van der Waals surface area contributed by atoms with Crippen LogP contribution in [0.5, 0.6) is 0 Å². The van der Waals surface area contributed by atoms with Crippen LogP contribution in [0.1, 0.15) is 30.1 Å². The molecule has 1 aromatic carbocycles. The first kappa shape index (κ1) is 20.0. The Morgan fingerprint density at radius 1 is 1.24 bits per heavy atom. The molecular weight excluding hydrogens is 371 g/mol. The van der Waals surface area contributed by atoms with Gasteiger partial charge in [0.15, 0.2) is 0 Å². The van der Waals surface area contributed by atoms with E-state index < -0.39 is 5.97 Å². The van der Waals surface area contributed by atoms with Gasteiger partial charge >= 0.3 is 5.97 Å². The number of rotatable bonds is 4. The van der Waals surface area contributed by atoms with Crippen LogP contribution in [0.15, 0.2) is 24.4 Å². The lowest BCUT2D eigenvalue weighted by molar-refractivity contribution is 0.0526. The van der Waals surface area contributed by atoms with Crippen LogP contribution >= 0.6 is 0 Å². The summed E-state index contributed by atoms with van der Waals surface area (Å²) >= 11 is 0. The molecule has 2 aliphatic rings. The topological polar surface area (TPSA) is 48.9 Å². The number of likely N-dealkylation sites (N-methyl/N-ethyl adjacent to an activating group) is 1. The van der Waals surface area contributed by atoms with Gasteiger partial charge < -0.3 is 14.5 Å². The molecule has 0 radical (unpaired) electrons. The van der Waals surface area contributed by atoms with Gasteiger partial charge in [0.25, 0.3) is 0 Å². The molecule has 0 amide bonds. The van der Waals surface area contributed by atoms with Gasteiger partial charge in [0.05, 0.1) is 17.8 Å². The van der Waals surface area contributed by atoms with Crippen LogP contribution in [0.2, 0.25) is 0 Å². The quantitative estimate of drug-likeness (QED) is 0.736. The van der Waals surface area contributed by atoms with E-state index in [2.05, 4.69) is 26.7 Å². The smallest absolute Gasteiger partial charge is 0.341 e. The minimum Gasteiger partial charge on any atom is -0.462 e. The number of piperazine rings is 1. The third-order valence-electron chi connectivity index (χ3n) is 6.04. The van der Waals surface area contributed by atoms with Gasteiger partial charge in [-0.1, -0.05) is 0 Å². The highest BCUT2D eigenvalue weighted by molar-refractivity contribution is 6.05. The minimum absolute atomic E-state index is 0.294. The molecule has 0 spiro atoms. The van der Waals surface area contributed by atoms with Crippen LogP contribution in [-0.2, 0) is 4.74 Å². The van der Waals surface area contributed by atoms with Crippen LogP contribution in [0.4, 0.5) is 10.1 Å². The molecule has 6 nitrogen and oxygen atoms in total. The summed E-state index contributed by atoms with van der Waals surface area (Å²) in [5.41, 5.74) is 1.84. The van der Waals surface area contributed by atoms with Crippen molar-refractivity contribution < 1.29 is 13.9 Å². The van der Waals surface area contributed by atoms with Gasteiger partial charge in [-0.3, -0.25) is 9.88 Å². The molecular formula is C22H29FN4O2. The molecule has 1 unspecified atom stereocenters. The highest BCUT2D eigenvalue weighted by Gasteiger charge is 2.29. The summed E-state index contributed by atoms with van der Waals surface area (Å²) in [6.45, 7) is 7.81. The second kappa shape index (κ2) is 8.63. The summed E-state index contributed by atoms with van der Waals surface area (Å²) in [5.74, 6) is -0.733. The Balaban J connectivity index is 1.61. The van der Waals surface area contributed by atoms with Crippen LogP contribution in [-0.4, -0.2) is 79.7 Å². The van der Waals surface area contributed by atoms with Gasteiger partial charge in [0.1, 0.15) is 11.4 Å². The fraction of sp³-hybridized carbons (Fsp3) is 0.545. The Kier molecular flexibility index (Phi) is 5.96. The van der Waals surface area contributed by atoms with E-state index in [9.17, 15) is 9.18 Å². The number of aromatic nitrogens is 1. The number of hydrogen-bond donors (Lipinski definition) is 0. The first-order valence-corrected chi connectivity index (χ1v) is 10.5. The second-order valence-electron chi connectivity index (χ2n) is 7.98. The largest absolute Gasteiger partial charge is 0.462 e. The number of likely N-dealkylation sites (tertiary alicyclic amines) is 1. The number of fused-ring (bicyclic) bond motifs is 1. The molecule has 4 rings (SSSR count). The number of ether oxygens (including phenoxy) is 1. The van der Waals surface area contributed by atoms with E-state index in [1.807, 2.05) is 0 Å². The maximum Gasteiger partial charge on any atom is 0.341 e. The van der Waals surface area contributed by atoms with Gasteiger partial charge in [-0.15, -0.1) is 0 Å². The van der Waals surface area contributed by atoms with Gasteiger partial charge in [-0.05, 0) is 51.6 Å². The molecule has 0 saturated carbocycles. The average molecular weight is 400 g/mol. The number of carbonyl (C=O) groups is 1. The van der Waals surface area contributed by atoms with Gasteiger partial charge in [-0.2, -0.15) is 0 Å². The number of carbonyl (C=O) groups excluding carboxylic acids is 1. The molecule has 2 saturated heterocycles. The van der Waals surface area contributed by atoms with Crippen LogP contribution in [0, 0.1) is 5.82 Å². The highest BCUT2D eigenvalue weighted by Crippen LogP contribution is 2.32. The van der Waals surface area contributed by atoms with Crippen molar-refractivity contribution in [1.29, 1.82) is 0 Å². The standard InChI is InChI=1S/C22H29FN4O2/c1-3-29-22(28)19-14-24-20-7-6-16(23)13-18(20)21(19)27-11-9-26(10-12-27)17-5-4-8-25(2)15-17/h6-7,13-14,17H,3-5,8-12,15H2,1-2H3. The molecule has 2 aromatic rings. The number of anilines is 1. The summed E-state index contributed by atoms with van der Waals surface area (Å²) < 4.78 is 19.3. The number of pyridine rings is 1. The molecule has 0 aliphatic carbocycles. The van der Waals surface area contributed by atoms with E-state index in [4.69, 9.17) is 4.74 Å². The molecule has 7 heteroatoms. The highest BCUT2D eigenvalue weighted by atomic mass is 19.1. The van der Waals surface area contributed by atoms with E-state index in [0.29, 0.717) is 29.1 Å². The van der Waals surface area contributed by atoms with E-state index in [0.717, 1.165) is 38.4 Å². The summed E-state index contributed by atoms with van der Waals surface area (Å²) in [4.78, 5) is 24.1. The van der Waals surface area contributed by atoms with E-state index >= 15 is 0 Å². The number of benzene rings is 1. The summed E-state index contributed by atoms with van der Waals surface area (Å²) in [6.07, 6.45) is 4.04. The first-order valence-electron chi connectivity index (χ1n) is 10.5. The zero-order valence-corrected chi connectivity index (χ0v) is 17.2. The van der Waals surface area contributed by atoms with E-state index in [1.54, 1.807) is 19.2 Å². The lowest BCUT2D eigenvalue weighted by Crippen LogP contribution is -2.54. The van der Waals surface area contributed by atoms with E-state index in [-0.39, 0.29) is 5.82 Å². The third kappa shape index (κ3) is 4.21. The molecule has 1 aromatic heterocycles. The molecule has 2 aliphatic heterocycles. The molecule has 1 atom stereocenters. The fourth-order valence-electron chi connectivity index (χ4n) is 4.60. The number of esters is 1. The second-order valence-corrected chi connectivity index (χ2v) is 7.98. The summed E-state index contributed by atoms with van der Waals surface area (Å²) in [6, 6.07) is 5.13. The molecule has 3 heterocycles. The van der Waals surface area contributed by atoms with Crippen LogP contribution in [0.25, 0.3) is 10.9 Å². The predicted molar refractivity (Wildman–Crippen MR) is 112 cm³/mol. The van der Waals surface area contributed by atoms with Crippen LogP contribution in [0.3, 0.4) is 0 Å². The lowest BCUT2D eigenvalue weighted by atomic mass is 10.0. The molecule has 29 heavy (non-hydrogen) atoms. The maximum atomic E-state index is 14.0. The minimum atomic E-state index is -0.405. The molecule has 0 N–H and O–H groups in total. The number of halogens is 1. The van der Waals surface area contributed by atoms with Crippen molar-refractivity contribution in [2.75, 3.05) is 57.8 Å². The summed E-state index contributed by atoms with van der Waals surface area (Å²) in [5, 5.41) is 0.668. The van der Waals surface area contributed by atoms with Gasteiger partial charge in [-0.25, -0.2) is 9.18 Å². The normalized spacial score (nSPS) is 21.5. The predicted octanol–water partition coefficient (Wildman–Crippen LogP) is 2.77. The first-order chi connectivity index (χ1) is 14.1. The van der Waals surface area contributed by atoms with Crippen molar-refractivity contribution in [2.24, 2.45) is 0 Å². The van der Waals surface area contributed by atoms with Crippen LogP contribution < -0.4 is 4.90 Å². The Hall–Kier alpha value is -2.25. The van der Waals surface area contributed by atoms with Crippen molar-refractivity contribution in [3.8, 4) is 0 Å². The Morgan fingerprint density at radius 2 is 2.03 bits per heavy atom. The average Bonchev–Trinajstić information content (AvgIpc) is 2.73. The van der Waals surface area contributed by atoms with Crippen molar-refractivity contribution in [3.05, 3.63) is 35.8 Å². The Labute approximate surface area is 171 Å². The Bertz CT molecular complexity index is 882. The molecule has 2 fully saturated rings. The maximum absolute atomic E-state index is 14.0. The van der Waals surface area contributed by atoms with E-state index in [1.165, 1.54) is 31.5 Å². The Morgan fingerprint density at radius 3 is 2.76 bits per heavy atom. The number of piperidine rings is 1. The number of nitrogens with zero attached hydrogens (tertiary/aromatic N) is 4. The molecule has 0 bridgehead atoms. The molecule has 156 valence electrons. The summed E-state index contributed by atoms with van der Waals surface area (Å²) in [7, 11) is 2.19. The van der Waals surface area contributed by atoms with Crippen molar-refractivity contribution in [1.82, 2.24) is 14.8 Å². The lowest BCUT2D eigenvalue weighted by Gasteiger charge is -2.43. The van der Waals surface area contributed by atoms with Gasteiger partial charge in [0, 0.05) is 50.3 Å². The van der Waals surface area contributed by atoms with Crippen molar-refractivity contribution >= 4 is 22.6 Å².